The first-order chi connectivity index (χ1) is 9.24. The maximum atomic E-state index is 13.1. The molecule has 0 aliphatic heterocycles. The molecule has 0 aliphatic rings. The van der Waals surface area contributed by atoms with Gasteiger partial charge in [-0.15, -0.1) is 0 Å². The van der Waals surface area contributed by atoms with Gasteiger partial charge in [0.15, 0.2) is 17.5 Å². The summed E-state index contributed by atoms with van der Waals surface area (Å²) in [7, 11) is 0. The molecule has 3 rings (SSSR count). The average molecular weight is 255 g/mol. The number of anilines is 1. The van der Waals surface area contributed by atoms with Crippen LogP contribution in [0.1, 0.15) is 0 Å². The number of hydrogen-bond donors (Lipinski definition) is 2. The molecule has 19 heavy (non-hydrogen) atoms. The molecule has 2 aromatic heterocycles. The van der Waals surface area contributed by atoms with E-state index in [9.17, 15) is 4.39 Å². The van der Waals surface area contributed by atoms with E-state index in [0.29, 0.717) is 5.82 Å². The van der Waals surface area contributed by atoms with Gasteiger partial charge in [-0.25, -0.2) is 14.4 Å². The average Bonchev–Trinajstić information content (AvgIpc) is 2.96. The number of aromatic amines is 1. The first-order valence-electron chi connectivity index (χ1n) is 5.62. The van der Waals surface area contributed by atoms with Crippen LogP contribution >= 0.6 is 0 Å². The van der Waals surface area contributed by atoms with E-state index in [0.717, 1.165) is 23.0 Å². The lowest BCUT2D eigenvalue weighted by atomic mass is 10.1. The topological polar surface area (TPSA) is 80.5 Å². The largest absolute Gasteiger partial charge is 0.381 e. The van der Waals surface area contributed by atoms with Crippen LogP contribution in [0.15, 0.2) is 42.7 Å². The van der Waals surface area contributed by atoms with E-state index in [2.05, 4.69) is 20.2 Å². The predicted molar refractivity (Wildman–Crippen MR) is 69.4 cm³/mol. The Bertz CT molecular complexity index is 709. The van der Waals surface area contributed by atoms with Crippen LogP contribution in [0.25, 0.3) is 22.6 Å². The molecule has 0 spiro atoms. The van der Waals surface area contributed by atoms with Crippen molar-refractivity contribution in [3.8, 4) is 22.6 Å². The molecule has 6 heteroatoms. The van der Waals surface area contributed by atoms with Crippen LogP contribution in [0, 0.1) is 5.82 Å². The van der Waals surface area contributed by atoms with Crippen LogP contribution in [0.2, 0.25) is 0 Å². The van der Waals surface area contributed by atoms with Gasteiger partial charge in [-0.05, 0) is 12.1 Å². The quantitative estimate of drug-likeness (QED) is 0.736. The molecule has 0 fully saturated rings. The normalized spacial score (nSPS) is 10.6. The highest BCUT2D eigenvalue weighted by molar-refractivity contribution is 5.67. The third-order valence-corrected chi connectivity index (χ3v) is 2.70. The SMILES string of the molecule is Nc1nc(-c2cccc(-c3ccn[nH]3)c2)ncc1F. The van der Waals surface area contributed by atoms with Crippen molar-refractivity contribution in [2.45, 2.75) is 0 Å². The summed E-state index contributed by atoms with van der Waals surface area (Å²) in [5.74, 6) is -0.384. The van der Waals surface area contributed by atoms with Gasteiger partial charge in [-0.1, -0.05) is 18.2 Å². The Labute approximate surface area is 108 Å². The highest BCUT2D eigenvalue weighted by Crippen LogP contribution is 2.23. The van der Waals surface area contributed by atoms with Crippen molar-refractivity contribution in [2.75, 3.05) is 5.73 Å². The van der Waals surface area contributed by atoms with E-state index in [1.807, 2.05) is 30.3 Å². The van der Waals surface area contributed by atoms with Crippen molar-refractivity contribution in [3.05, 3.63) is 48.5 Å². The van der Waals surface area contributed by atoms with Gasteiger partial charge in [0.05, 0.1) is 11.9 Å². The Morgan fingerprint density at radius 1 is 1.16 bits per heavy atom. The molecule has 5 nitrogen and oxygen atoms in total. The van der Waals surface area contributed by atoms with Crippen molar-refractivity contribution in [1.82, 2.24) is 20.2 Å². The lowest BCUT2D eigenvalue weighted by Gasteiger charge is -2.04. The maximum Gasteiger partial charge on any atom is 0.183 e. The number of benzene rings is 1. The van der Waals surface area contributed by atoms with E-state index in [-0.39, 0.29) is 5.82 Å². The molecule has 0 saturated heterocycles. The molecular weight excluding hydrogens is 245 g/mol. The first kappa shape index (κ1) is 11.3. The molecule has 0 bridgehead atoms. The smallest absolute Gasteiger partial charge is 0.183 e. The Morgan fingerprint density at radius 3 is 2.74 bits per heavy atom. The number of nitrogen functional groups attached to an aromatic ring is 1. The number of nitrogens with two attached hydrogens (primary N) is 1. The maximum absolute atomic E-state index is 13.1. The molecule has 0 amide bonds. The molecule has 1 aromatic carbocycles. The Balaban J connectivity index is 2.06. The zero-order chi connectivity index (χ0) is 13.2. The zero-order valence-electron chi connectivity index (χ0n) is 9.84. The van der Waals surface area contributed by atoms with Crippen LogP contribution < -0.4 is 5.73 Å². The molecule has 0 atom stereocenters. The van der Waals surface area contributed by atoms with Crippen LogP contribution in [0.3, 0.4) is 0 Å². The third-order valence-electron chi connectivity index (χ3n) is 2.70. The van der Waals surface area contributed by atoms with Gasteiger partial charge < -0.3 is 5.73 Å². The summed E-state index contributed by atoms with van der Waals surface area (Å²) in [6.45, 7) is 0. The first-order valence-corrected chi connectivity index (χ1v) is 5.62. The lowest BCUT2D eigenvalue weighted by Crippen LogP contribution is -1.99. The molecular formula is C13H10FN5. The number of nitrogens with one attached hydrogen (secondary N) is 1. The van der Waals surface area contributed by atoms with Crippen molar-refractivity contribution < 1.29 is 4.39 Å². The molecule has 0 unspecified atom stereocenters. The van der Waals surface area contributed by atoms with Gasteiger partial charge >= 0.3 is 0 Å². The van der Waals surface area contributed by atoms with E-state index in [1.165, 1.54) is 0 Å². The monoisotopic (exact) mass is 255 g/mol. The van der Waals surface area contributed by atoms with Crippen LogP contribution in [-0.4, -0.2) is 20.2 Å². The van der Waals surface area contributed by atoms with E-state index >= 15 is 0 Å². The van der Waals surface area contributed by atoms with Crippen molar-refractivity contribution in [3.63, 3.8) is 0 Å². The summed E-state index contributed by atoms with van der Waals surface area (Å²) in [4.78, 5) is 7.87. The summed E-state index contributed by atoms with van der Waals surface area (Å²) in [6.07, 6.45) is 2.74. The Morgan fingerprint density at radius 2 is 2.00 bits per heavy atom. The van der Waals surface area contributed by atoms with Crippen LogP contribution in [0.4, 0.5) is 10.2 Å². The highest BCUT2D eigenvalue weighted by atomic mass is 19.1. The molecule has 2 heterocycles. The van der Waals surface area contributed by atoms with Crippen molar-refractivity contribution in [1.29, 1.82) is 0 Å². The molecule has 0 radical (unpaired) electrons. The summed E-state index contributed by atoms with van der Waals surface area (Å²) in [5.41, 5.74) is 8.04. The summed E-state index contributed by atoms with van der Waals surface area (Å²) < 4.78 is 13.1. The number of rotatable bonds is 2. The zero-order valence-corrected chi connectivity index (χ0v) is 9.84. The van der Waals surface area contributed by atoms with Gasteiger partial charge in [-0.2, -0.15) is 5.10 Å². The van der Waals surface area contributed by atoms with E-state index in [1.54, 1.807) is 6.20 Å². The summed E-state index contributed by atoms with van der Waals surface area (Å²) in [6, 6.07) is 9.39. The van der Waals surface area contributed by atoms with E-state index in [4.69, 9.17) is 5.73 Å². The summed E-state index contributed by atoms with van der Waals surface area (Å²) in [5, 5.41) is 6.78. The van der Waals surface area contributed by atoms with Gasteiger partial charge in [0.25, 0.3) is 0 Å². The lowest BCUT2D eigenvalue weighted by molar-refractivity contribution is 0.620. The minimum absolute atomic E-state index is 0.156. The fraction of sp³-hybridized carbons (Fsp3) is 0. The number of nitrogens with zero attached hydrogens (tertiary/aromatic N) is 3. The second kappa shape index (κ2) is 4.49. The second-order valence-corrected chi connectivity index (χ2v) is 3.98. The third kappa shape index (κ3) is 2.15. The molecule has 0 saturated carbocycles. The minimum Gasteiger partial charge on any atom is -0.381 e. The number of H-pyrrole nitrogens is 1. The van der Waals surface area contributed by atoms with Gasteiger partial charge in [0.1, 0.15) is 0 Å². The number of hydrogen-bond acceptors (Lipinski definition) is 4. The van der Waals surface area contributed by atoms with Crippen molar-refractivity contribution >= 4 is 5.82 Å². The fourth-order valence-electron chi connectivity index (χ4n) is 1.76. The van der Waals surface area contributed by atoms with Crippen LogP contribution in [0.5, 0.6) is 0 Å². The minimum atomic E-state index is -0.617. The van der Waals surface area contributed by atoms with Gasteiger partial charge in [0.2, 0.25) is 0 Å². The van der Waals surface area contributed by atoms with Crippen LogP contribution in [-0.2, 0) is 0 Å². The van der Waals surface area contributed by atoms with E-state index < -0.39 is 5.82 Å². The number of aromatic nitrogens is 4. The Kier molecular flexibility index (Phi) is 2.68. The van der Waals surface area contributed by atoms with Gasteiger partial charge in [-0.3, -0.25) is 5.10 Å². The number of halogens is 1. The van der Waals surface area contributed by atoms with Crippen molar-refractivity contribution in [2.24, 2.45) is 0 Å². The second-order valence-electron chi connectivity index (χ2n) is 3.98. The molecule has 94 valence electrons. The summed E-state index contributed by atoms with van der Waals surface area (Å²) >= 11 is 0. The standard InChI is InChI=1S/C13H10FN5/c14-10-7-16-13(18-12(10)15)9-3-1-2-8(6-9)11-4-5-17-19-11/h1-7H,(H,17,19)(H2,15,16,18). The molecule has 0 aliphatic carbocycles. The highest BCUT2D eigenvalue weighted by Gasteiger charge is 2.07. The molecule has 3 aromatic rings. The molecule has 3 N–H and O–H groups in total. The Hall–Kier alpha value is -2.76. The van der Waals surface area contributed by atoms with Gasteiger partial charge in [0, 0.05) is 17.3 Å². The fourth-order valence-corrected chi connectivity index (χ4v) is 1.76. The predicted octanol–water partition coefficient (Wildman–Crippen LogP) is 2.25.